The number of ether oxygens (including phenoxy) is 2. The Balaban J connectivity index is 0.000000168. The molecule has 12 nitrogen and oxygen atoms in total. The molecule has 4 atom stereocenters. The van der Waals surface area contributed by atoms with Crippen LogP contribution < -0.4 is 11.1 Å². The number of nitrogens with two attached hydrogens (primary N) is 1. The van der Waals surface area contributed by atoms with Gasteiger partial charge in [0.15, 0.2) is 11.2 Å². The number of aryl methyl sites for hydroxylation is 1. The first-order valence-electron chi connectivity index (χ1n) is 14.1. The minimum atomic E-state index is 0. The van der Waals surface area contributed by atoms with Crippen molar-refractivity contribution in [2.24, 2.45) is 0 Å². The Morgan fingerprint density at radius 3 is 2.21 bits per heavy atom. The number of aromatic nitrogens is 4. The third-order valence-electron chi connectivity index (χ3n) is 7.87. The van der Waals surface area contributed by atoms with Gasteiger partial charge in [-0.1, -0.05) is 7.43 Å². The van der Waals surface area contributed by atoms with Crippen LogP contribution in [0.25, 0.3) is 33.2 Å². The van der Waals surface area contributed by atoms with Gasteiger partial charge in [0.25, 0.3) is 0 Å². The van der Waals surface area contributed by atoms with E-state index in [1.807, 2.05) is 13.0 Å². The van der Waals surface area contributed by atoms with Crippen molar-refractivity contribution in [3.05, 3.63) is 42.9 Å². The molecule has 0 amide bonds. The third-order valence-corrected chi connectivity index (χ3v) is 7.87. The molecule has 224 valence electrons. The topological polar surface area (TPSA) is 174 Å². The number of nitrogen functional groups attached to an aromatic ring is 1. The number of hydrogen-bond donors (Lipinski definition) is 2. The van der Waals surface area contributed by atoms with Crippen molar-refractivity contribution < 1.29 is 18.3 Å². The van der Waals surface area contributed by atoms with E-state index in [9.17, 15) is 0 Å². The van der Waals surface area contributed by atoms with Gasteiger partial charge in [0, 0.05) is 18.2 Å². The first-order valence-corrected chi connectivity index (χ1v) is 14.1. The Hall–Kier alpha value is -4.65. The molecule has 5 aromatic heterocycles. The SMILES string of the molecule is C.Cc1nc2cnc3ccoc3c2n1[C@H]1CC[C@H](CC#N)OC1.N#CC[C@H]1CC[C@H](Nc2c(N)cnc3ccoc23)CO1. The Bertz CT molecular complexity index is 1760. The summed E-state index contributed by atoms with van der Waals surface area (Å²) in [4.78, 5) is 13.2. The molecule has 43 heavy (non-hydrogen) atoms. The summed E-state index contributed by atoms with van der Waals surface area (Å²) in [5.41, 5.74) is 12.2. The minimum Gasteiger partial charge on any atom is -0.460 e. The van der Waals surface area contributed by atoms with Gasteiger partial charge in [-0.05, 0) is 32.6 Å². The number of furan rings is 2. The summed E-state index contributed by atoms with van der Waals surface area (Å²) in [6.07, 6.45) is 11.4. The van der Waals surface area contributed by atoms with Crippen LogP contribution in [0.1, 0.15) is 57.8 Å². The maximum Gasteiger partial charge on any atom is 0.178 e. The van der Waals surface area contributed by atoms with Crippen molar-refractivity contribution in [2.45, 2.75) is 77.2 Å². The van der Waals surface area contributed by atoms with Crippen LogP contribution in [0, 0.1) is 29.6 Å². The summed E-state index contributed by atoms with van der Waals surface area (Å²) in [5.74, 6) is 0.938. The highest BCUT2D eigenvalue weighted by atomic mass is 16.5. The lowest BCUT2D eigenvalue weighted by Crippen LogP contribution is -2.34. The number of anilines is 2. The van der Waals surface area contributed by atoms with E-state index in [-0.39, 0.29) is 31.7 Å². The average molecular weight is 585 g/mol. The first-order chi connectivity index (χ1) is 20.6. The lowest BCUT2D eigenvalue weighted by molar-refractivity contribution is -0.00807. The molecule has 2 fully saturated rings. The Labute approximate surface area is 249 Å². The molecule has 5 aromatic rings. The van der Waals surface area contributed by atoms with Crippen LogP contribution in [0.3, 0.4) is 0 Å². The molecule has 0 spiro atoms. The normalized spacial score (nSPS) is 21.8. The molecule has 0 unspecified atom stereocenters. The maximum absolute atomic E-state index is 8.78. The maximum atomic E-state index is 8.78. The number of imidazole rings is 1. The predicted octanol–water partition coefficient (Wildman–Crippen LogP) is 6.04. The molecule has 0 aromatic carbocycles. The van der Waals surface area contributed by atoms with Crippen LogP contribution in [-0.2, 0) is 9.47 Å². The number of hydrogen-bond acceptors (Lipinski definition) is 11. The second kappa shape index (κ2) is 13.1. The van der Waals surface area contributed by atoms with Crippen molar-refractivity contribution in [2.75, 3.05) is 24.3 Å². The van der Waals surface area contributed by atoms with E-state index in [4.69, 9.17) is 34.6 Å². The van der Waals surface area contributed by atoms with Crippen LogP contribution in [0.4, 0.5) is 11.4 Å². The Morgan fingerprint density at radius 2 is 1.56 bits per heavy atom. The second-order valence-electron chi connectivity index (χ2n) is 10.7. The summed E-state index contributed by atoms with van der Waals surface area (Å²) >= 11 is 0. The second-order valence-corrected chi connectivity index (χ2v) is 10.7. The summed E-state index contributed by atoms with van der Waals surface area (Å²) in [7, 11) is 0. The number of fused-ring (bicyclic) bond motifs is 4. The van der Waals surface area contributed by atoms with Crippen molar-refractivity contribution in [3.63, 3.8) is 0 Å². The number of pyridine rings is 2. The van der Waals surface area contributed by atoms with Gasteiger partial charge >= 0.3 is 0 Å². The number of nitrogens with one attached hydrogen (secondary N) is 1. The van der Waals surface area contributed by atoms with Gasteiger partial charge in [0.2, 0.25) is 0 Å². The molecule has 0 radical (unpaired) electrons. The number of nitriles is 2. The van der Waals surface area contributed by atoms with E-state index in [2.05, 4.69) is 37.0 Å². The fourth-order valence-corrected chi connectivity index (χ4v) is 5.76. The summed E-state index contributed by atoms with van der Waals surface area (Å²) in [6, 6.07) is 8.38. The van der Waals surface area contributed by atoms with Gasteiger partial charge in [-0.2, -0.15) is 10.5 Å². The molecule has 7 rings (SSSR count). The zero-order chi connectivity index (χ0) is 29.1. The van der Waals surface area contributed by atoms with Crippen LogP contribution in [0.5, 0.6) is 0 Å². The van der Waals surface area contributed by atoms with Crippen molar-refractivity contribution in [3.8, 4) is 12.1 Å². The van der Waals surface area contributed by atoms with E-state index < -0.39 is 0 Å². The van der Waals surface area contributed by atoms with Crippen LogP contribution in [0.15, 0.2) is 45.9 Å². The largest absolute Gasteiger partial charge is 0.460 e. The summed E-state index contributed by atoms with van der Waals surface area (Å²) in [5, 5.41) is 20.8. The molecule has 0 bridgehead atoms. The Kier molecular flexibility index (Phi) is 9.10. The van der Waals surface area contributed by atoms with E-state index >= 15 is 0 Å². The third kappa shape index (κ3) is 6.12. The first kappa shape index (κ1) is 29.8. The van der Waals surface area contributed by atoms with E-state index in [1.165, 1.54) is 0 Å². The highest BCUT2D eigenvalue weighted by Gasteiger charge is 2.27. The highest BCUT2D eigenvalue weighted by molar-refractivity contribution is 5.98. The molecule has 3 N–H and O–H groups in total. The minimum absolute atomic E-state index is 0. The molecule has 0 saturated carbocycles. The molecule has 7 heterocycles. The zero-order valence-corrected chi connectivity index (χ0v) is 23.3. The molecular weight excluding hydrogens is 548 g/mol. The van der Waals surface area contributed by atoms with E-state index in [0.29, 0.717) is 37.3 Å². The fourth-order valence-electron chi connectivity index (χ4n) is 5.76. The lowest BCUT2D eigenvalue weighted by atomic mass is 10.0. The van der Waals surface area contributed by atoms with Crippen LogP contribution >= 0.6 is 0 Å². The van der Waals surface area contributed by atoms with Gasteiger partial charge in [0.05, 0.1) is 87.1 Å². The monoisotopic (exact) mass is 584 g/mol. The smallest absolute Gasteiger partial charge is 0.178 e. The molecular formula is C31H36N8O4. The molecule has 2 saturated heterocycles. The number of nitrogens with zero attached hydrogens (tertiary/aromatic N) is 6. The highest BCUT2D eigenvalue weighted by Crippen LogP contribution is 2.33. The fraction of sp³-hybridized carbons (Fsp3) is 0.452. The van der Waals surface area contributed by atoms with Crippen molar-refractivity contribution >= 4 is 44.6 Å². The zero-order valence-electron chi connectivity index (χ0n) is 23.3. The summed E-state index contributed by atoms with van der Waals surface area (Å²) in [6.45, 7) is 3.16. The standard InChI is InChI=1S/C16H16N4O2.C14H16N4O2.CH4/c1-10-19-14-8-18-13-5-7-21-16(13)15(14)20(10)11-2-3-12(4-6-17)22-9-11;15-5-3-10-2-1-9(8-20-10)18-13-11(16)7-17-12-4-6-19-14(12)13;/h5,7-8,11-12H,2-4,9H2,1H3;4,6-7,9-10H,1-3,8,16H2,(H,17,18);1H4/t11-,12+;9-,10+;/m00./s1. The van der Waals surface area contributed by atoms with E-state index in [0.717, 1.165) is 64.8 Å². The lowest BCUT2D eigenvalue weighted by Gasteiger charge is -2.29. The van der Waals surface area contributed by atoms with Crippen LogP contribution in [-0.4, -0.2) is 51.0 Å². The molecule has 0 aliphatic carbocycles. The predicted molar refractivity (Wildman–Crippen MR) is 162 cm³/mol. The van der Waals surface area contributed by atoms with Gasteiger partial charge in [-0.25, -0.2) is 4.98 Å². The Morgan fingerprint density at radius 1 is 0.907 bits per heavy atom. The molecule has 2 aliphatic rings. The van der Waals surface area contributed by atoms with Crippen molar-refractivity contribution in [1.82, 2.24) is 19.5 Å². The average Bonchev–Trinajstić information content (AvgIpc) is 3.75. The van der Waals surface area contributed by atoms with Gasteiger partial charge in [0.1, 0.15) is 33.6 Å². The molecule has 12 heteroatoms. The van der Waals surface area contributed by atoms with Gasteiger partial charge in [-0.3, -0.25) is 9.97 Å². The van der Waals surface area contributed by atoms with E-state index in [1.54, 1.807) is 31.0 Å². The number of rotatable bonds is 5. The summed E-state index contributed by atoms with van der Waals surface area (Å²) < 4.78 is 24.8. The van der Waals surface area contributed by atoms with Crippen molar-refractivity contribution in [1.29, 1.82) is 10.5 Å². The molecule has 2 aliphatic heterocycles. The van der Waals surface area contributed by atoms with Gasteiger partial charge in [-0.15, -0.1) is 0 Å². The van der Waals surface area contributed by atoms with Crippen LogP contribution in [0.2, 0.25) is 0 Å². The quantitative estimate of drug-likeness (QED) is 0.246. The van der Waals surface area contributed by atoms with Gasteiger partial charge < -0.3 is 33.9 Å².